The fourth-order valence-corrected chi connectivity index (χ4v) is 8.27. The van der Waals surface area contributed by atoms with Crippen LogP contribution < -0.4 is 14.5 Å². The van der Waals surface area contributed by atoms with Gasteiger partial charge in [-0.1, -0.05) is 140 Å². The molecule has 0 spiro atoms. The van der Waals surface area contributed by atoms with Gasteiger partial charge in [-0.3, -0.25) is 0 Å². The van der Waals surface area contributed by atoms with E-state index in [-0.39, 0.29) is 48.1 Å². The van der Waals surface area contributed by atoms with Crippen molar-refractivity contribution in [3.05, 3.63) is 150 Å². The molecule has 0 fully saturated rings. The fourth-order valence-electron chi connectivity index (χ4n) is 8.27. The second-order valence-electron chi connectivity index (χ2n) is 22.1. The average Bonchev–Trinajstić information content (AvgIpc) is 3.72. The van der Waals surface area contributed by atoms with E-state index in [1.165, 1.54) is 38.9 Å². The van der Waals surface area contributed by atoms with E-state index < -0.39 is 0 Å². The Morgan fingerprint density at radius 3 is 1.77 bits per heavy atom. The number of rotatable bonds is 5. The molecule has 0 N–H and O–H groups in total. The number of para-hydroxylation sites is 1. The summed E-state index contributed by atoms with van der Waals surface area (Å²) in [6.45, 7) is 36.4. The van der Waals surface area contributed by atoms with Crippen molar-refractivity contribution >= 4 is 44.6 Å². The van der Waals surface area contributed by atoms with Gasteiger partial charge in [0.05, 0.1) is 0 Å². The number of benzene rings is 5. The zero-order valence-electron chi connectivity index (χ0n) is 39.4. The fraction of sp³-hybridized carbons (Fsp3) is 0.357. The molecule has 5 nitrogen and oxygen atoms in total. The maximum absolute atomic E-state index is 6.71. The Hall–Kier alpha value is -4.86. The first-order chi connectivity index (χ1) is 28.4. The van der Waals surface area contributed by atoms with Gasteiger partial charge in [0, 0.05) is 61.3 Å². The number of anilines is 4. The van der Waals surface area contributed by atoms with Crippen LogP contribution in [0.2, 0.25) is 0 Å². The summed E-state index contributed by atoms with van der Waals surface area (Å²) in [5.41, 5.74) is 12.6. The number of fused-ring (bicyclic) bond motifs is 4. The molecule has 8 rings (SSSR count). The van der Waals surface area contributed by atoms with Crippen molar-refractivity contribution in [2.45, 2.75) is 131 Å². The minimum Gasteiger partial charge on any atom is -0.509 e. The third-order valence-electron chi connectivity index (χ3n) is 12.1. The molecule has 0 unspecified atom stereocenters. The molecular formula is C56H63N4OPt-3. The molecule has 5 aromatic carbocycles. The molecule has 1 aliphatic heterocycles. The normalized spacial score (nSPS) is 13.8. The van der Waals surface area contributed by atoms with Gasteiger partial charge in [0.1, 0.15) is 5.82 Å². The molecule has 0 saturated heterocycles. The Morgan fingerprint density at radius 2 is 1.15 bits per heavy atom. The minimum atomic E-state index is -0.0918. The van der Waals surface area contributed by atoms with Crippen molar-refractivity contribution < 1.29 is 25.8 Å². The summed E-state index contributed by atoms with van der Waals surface area (Å²) >= 11 is 0. The Labute approximate surface area is 385 Å². The van der Waals surface area contributed by atoms with E-state index in [0.29, 0.717) is 11.5 Å². The number of hydrogen-bond donors (Lipinski definition) is 0. The molecule has 0 saturated carbocycles. The Bertz CT molecular complexity index is 2760. The van der Waals surface area contributed by atoms with Crippen LogP contribution in [0, 0.1) is 18.8 Å². The van der Waals surface area contributed by atoms with Crippen LogP contribution in [0.15, 0.2) is 103 Å². The number of nitrogens with zero attached hydrogens (tertiary/aromatic N) is 4. The number of ether oxygens (including phenoxy) is 1. The summed E-state index contributed by atoms with van der Waals surface area (Å²) in [4.78, 5) is 9.56. The van der Waals surface area contributed by atoms with Crippen LogP contribution in [0.4, 0.5) is 22.7 Å². The van der Waals surface area contributed by atoms with E-state index in [0.717, 1.165) is 39.3 Å². The summed E-state index contributed by atoms with van der Waals surface area (Å²) in [6, 6.07) is 42.6. The van der Waals surface area contributed by atoms with Crippen molar-refractivity contribution in [3.8, 4) is 17.3 Å². The smallest absolute Gasteiger partial charge is 0.135 e. The summed E-state index contributed by atoms with van der Waals surface area (Å²) in [5, 5.41) is 2.28. The molecule has 6 heteroatoms. The second-order valence-corrected chi connectivity index (χ2v) is 22.1. The zero-order chi connectivity index (χ0) is 44.0. The number of aromatic nitrogens is 2. The van der Waals surface area contributed by atoms with Crippen LogP contribution in [0.25, 0.3) is 27.6 Å². The van der Waals surface area contributed by atoms with Crippen LogP contribution in [0.3, 0.4) is 0 Å². The van der Waals surface area contributed by atoms with Gasteiger partial charge < -0.3 is 19.1 Å². The van der Waals surface area contributed by atoms with Crippen LogP contribution >= 0.6 is 0 Å². The first-order valence-electron chi connectivity index (χ1n) is 21.8. The van der Waals surface area contributed by atoms with Crippen molar-refractivity contribution in [2.24, 2.45) is 0 Å². The van der Waals surface area contributed by atoms with Gasteiger partial charge in [-0.15, -0.1) is 48.1 Å². The molecule has 62 heavy (non-hydrogen) atoms. The molecule has 3 heterocycles. The molecule has 1 aliphatic rings. The van der Waals surface area contributed by atoms with Crippen LogP contribution in [-0.4, -0.2) is 9.55 Å². The van der Waals surface area contributed by atoms with Gasteiger partial charge in [0.15, 0.2) is 0 Å². The maximum atomic E-state index is 6.71. The van der Waals surface area contributed by atoms with Crippen molar-refractivity contribution in [3.63, 3.8) is 0 Å². The monoisotopic (exact) mass is 1000 g/mol. The van der Waals surface area contributed by atoms with Crippen molar-refractivity contribution in [1.29, 1.82) is 0 Å². The molecule has 0 atom stereocenters. The standard InChI is InChI=1S/C56H63N4O.Pt/c1-52(2,3)36-22-25-47-45(31-36)44-24-23-43(34-49(44)60(47)50-32-37(26-27-57-50)53(4,5)6)61-42-19-16-18-40(33-42)58-35-59(51-46(56(13,14)15)20-17-21-48(51)58)41-29-38(54(7,8)9)28-39(30-41)55(10,11)12;/h16-32,35H,1-15H3;/q-3;. The average molecular weight is 1000 g/mol. The Kier molecular flexibility index (Phi) is 11.5. The van der Waals surface area contributed by atoms with Gasteiger partial charge in [0.25, 0.3) is 0 Å². The third-order valence-corrected chi connectivity index (χ3v) is 12.1. The van der Waals surface area contributed by atoms with Gasteiger partial charge in [-0.25, -0.2) is 4.98 Å². The largest absolute Gasteiger partial charge is 0.509 e. The zero-order valence-corrected chi connectivity index (χ0v) is 41.7. The third kappa shape index (κ3) is 8.59. The molecule has 0 radical (unpaired) electrons. The van der Waals surface area contributed by atoms with E-state index in [1.807, 2.05) is 24.4 Å². The van der Waals surface area contributed by atoms with Gasteiger partial charge >= 0.3 is 0 Å². The van der Waals surface area contributed by atoms with Crippen molar-refractivity contribution in [2.75, 3.05) is 9.80 Å². The van der Waals surface area contributed by atoms with Crippen LogP contribution in [0.1, 0.15) is 132 Å². The van der Waals surface area contributed by atoms with E-state index in [4.69, 9.17) is 9.72 Å². The summed E-state index contributed by atoms with van der Waals surface area (Å²) < 4.78 is 8.95. The summed E-state index contributed by atoms with van der Waals surface area (Å²) in [6.07, 6.45) is 1.92. The molecule has 0 bridgehead atoms. The van der Waals surface area contributed by atoms with Gasteiger partial charge in [-0.2, -0.15) is 12.1 Å². The number of hydrogen-bond acceptors (Lipinski definition) is 4. The van der Waals surface area contributed by atoms with Gasteiger partial charge in [0.2, 0.25) is 0 Å². The predicted octanol–water partition coefficient (Wildman–Crippen LogP) is 15.5. The molecule has 0 amide bonds. The summed E-state index contributed by atoms with van der Waals surface area (Å²) in [7, 11) is 0. The second kappa shape index (κ2) is 15.7. The van der Waals surface area contributed by atoms with Crippen molar-refractivity contribution in [1.82, 2.24) is 9.55 Å². The Balaban J connectivity index is 0.00000578. The van der Waals surface area contributed by atoms with E-state index >= 15 is 0 Å². The molecule has 2 aromatic heterocycles. The van der Waals surface area contributed by atoms with Crippen LogP contribution in [0.5, 0.6) is 11.5 Å². The van der Waals surface area contributed by atoms with E-state index in [2.05, 4.69) is 216 Å². The first-order valence-corrected chi connectivity index (χ1v) is 21.8. The summed E-state index contributed by atoms with van der Waals surface area (Å²) in [5.74, 6) is 2.09. The van der Waals surface area contributed by atoms with E-state index in [1.54, 1.807) is 0 Å². The quantitative estimate of drug-likeness (QED) is 0.161. The Morgan fingerprint density at radius 1 is 0.532 bits per heavy atom. The van der Waals surface area contributed by atoms with Gasteiger partial charge in [-0.05, 0) is 96.7 Å². The predicted molar refractivity (Wildman–Crippen MR) is 258 cm³/mol. The molecular weight excluding hydrogens is 940 g/mol. The minimum absolute atomic E-state index is 0. The SMILES string of the molecule is CC(C)(C)c1cc(N2[CH-]N(c3[c-]c(Oc4[c-]c5c(cc4)c4cc(C(C)(C)C)ccc4n5-c4cc(C(C)(C)C)ccn4)ccc3)c3cccc(C(C)(C)C)c32)cc(C(C)(C)C)c1.[Pt]. The van der Waals surface area contributed by atoms with Crippen LogP contribution in [-0.2, 0) is 48.1 Å². The topological polar surface area (TPSA) is 33.5 Å². The molecule has 0 aliphatic carbocycles. The maximum Gasteiger partial charge on any atom is 0.135 e. The first kappa shape index (κ1) is 45.2. The molecule has 326 valence electrons. The molecule has 7 aromatic rings. The number of pyridine rings is 1. The van der Waals surface area contributed by atoms with E-state index in [9.17, 15) is 0 Å².